The first-order valence-electron chi connectivity index (χ1n) is 11.3. The Morgan fingerprint density at radius 3 is 2.00 bits per heavy atom. The predicted molar refractivity (Wildman–Crippen MR) is 124 cm³/mol. The average molecular weight is 498 g/mol. The smallest absolute Gasteiger partial charge is 0.480 e. The molecule has 35 heavy (non-hydrogen) atoms. The van der Waals surface area contributed by atoms with Crippen LogP contribution in [-0.4, -0.2) is 54.7 Å². The van der Waals surface area contributed by atoms with Crippen LogP contribution in [0.3, 0.4) is 0 Å². The lowest BCUT2D eigenvalue weighted by Gasteiger charge is -2.26. The molecule has 0 saturated carbocycles. The predicted octanol–water partition coefficient (Wildman–Crippen LogP) is 4.01. The summed E-state index contributed by atoms with van der Waals surface area (Å²) in [6.07, 6.45) is -2.48. The first-order valence-corrected chi connectivity index (χ1v) is 11.3. The van der Waals surface area contributed by atoms with E-state index in [0.29, 0.717) is 5.56 Å². The van der Waals surface area contributed by atoms with Crippen LogP contribution in [0.1, 0.15) is 65.9 Å². The topological polar surface area (TPSA) is 161 Å². The highest BCUT2D eigenvalue weighted by Gasteiger charge is 2.30. The molecule has 1 rings (SSSR count). The number of nitrogens with two attached hydrogens (primary N) is 1. The maximum Gasteiger partial charge on any atom is 0.513 e. The van der Waals surface area contributed by atoms with Crippen molar-refractivity contribution < 1.29 is 48.0 Å². The zero-order chi connectivity index (χ0) is 26.8. The Morgan fingerprint density at radius 2 is 1.51 bits per heavy atom. The minimum Gasteiger partial charge on any atom is -0.480 e. The van der Waals surface area contributed by atoms with E-state index < -0.39 is 42.3 Å². The van der Waals surface area contributed by atoms with Crippen molar-refractivity contribution in [1.82, 2.24) is 0 Å². The number of rotatable bonds is 11. The molecule has 11 nitrogen and oxygen atoms in total. The van der Waals surface area contributed by atoms with Crippen molar-refractivity contribution in [2.24, 2.45) is 11.1 Å². The van der Waals surface area contributed by atoms with Gasteiger partial charge in [-0.1, -0.05) is 26.8 Å². The van der Waals surface area contributed by atoms with Gasteiger partial charge in [-0.05, 0) is 50.3 Å². The fourth-order valence-electron chi connectivity index (χ4n) is 3.16. The van der Waals surface area contributed by atoms with Gasteiger partial charge in [0, 0.05) is 5.92 Å². The van der Waals surface area contributed by atoms with E-state index >= 15 is 0 Å². The van der Waals surface area contributed by atoms with Gasteiger partial charge in [0.25, 0.3) is 0 Å². The van der Waals surface area contributed by atoms with Crippen molar-refractivity contribution in [2.45, 2.75) is 72.4 Å². The van der Waals surface area contributed by atoms with Crippen molar-refractivity contribution in [3.63, 3.8) is 0 Å². The molecular weight excluding hydrogens is 462 g/mol. The molecule has 2 unspecified atom stereocenters. The van der Waals surface area contributed by atoms with Gasteiger partial charge < -0.3 is 34.5 Å². The van der Waals surface area contributed by atoms with Crippen LogP contribution in [0.2, 0.25) is 0 Å². The Kier molecular flexibility index (Phi) is 11.5. The molecular formula is C24H35NO10. The lowest BCUT2D eigenvalue weighted by molar-refractivity contribution is -0.150. The van der Waals surface area contributed by atoms with E-state index in [0.717, 1.165) is 0 Å². The van der Waals surface area contributed by atoms with Crippen molar-refractivity contribution in [3.8, 4) is 11.5 Å². The Hall–Kier alpha value is -3.34. The van der Waals surface area contributed by atoms with Crippen molar-refractivity contribution in [2.75, 3.05) is 13.2 Å². The van der Waals surface area contributed by atoms with Gasteiger partial charge in [0.15, 0.2) is 11.5 Å². The van der Waals surface area contributed by atoms with Crippen LogP contribution in [0.15, 0.2) is 18.2 Å². The molecule has 196 valence electrons. The van der Waals surface area contributed by atoms with E-state index in [9.17, 15) is 24.3 Å². The van der Waals surface area contributed by atoms with E-state index in [2.05, 4.69) is 0 Å². The van der Waals surface area contributed by atoms with Gasteiger partial charge >= 0.3 is 24.2 Å². The molecule has 0 aliphatic rings. The highest BCUT2D eigenvalue weighted by Crippen LogP contribution is 2.35. The number of carbonyl (C=O) groups is 4. The van der Waals surface area contributed by atoms with Crippen molar-refractivity contribution in [1.29, 1.82) is 0 Å². The molecule has 0 spiro atoms. The molecule has 11 heteroatoms. The van der Waals surface area contributed by atoms with E-state index in [1.54, 1.807) is 20.8 Å². The summed E-state index contributed by atoms with van der Waals surface area (Å²) >= 11 is 0. The summed E-state index contributed by atoms with van der Waals surface area (Å²) in [6, 6.07) is 2.75. The van der Waals surface area contributed by atoms with Crippen LogP contribution < -0.4 is 15.2 Å². The summed E-state index contributed by atoms with van der Waals surface area (Å²) in [6.45, 7) is 10.6. The molecule has 0 aliphatic carbocycles. The van der Waals surface area contributed by atoms with Gasteiger partial charge in [-0.3, -0.25) is 9.59 Å². The number of hydrogen-bond acceptors (Lipinski definition) is 10. The normalized spacial score (nSPS) is 13.7. The van der Waals surface area contributed by atoms with Crippen LogP contribution in [0, 0.1) is 5.41 Å². The first kappa shape index (κ1) is 29.7. The summed E-state index contributed by atoms with van der Waals surface area (Å²) < 4.78 is 25.2. The molecule has 0 heterocycles. The van der Waals surface area contributed by atoms with E-state index in [1.165, 1.54) is 18.2 Å². The Bertz CT molecular complexity index is 893. The van der Waals surface area contributed by atoms with Gasteiger partial charge in [0.1, 0.15) is 6.04 Å². The second-order valence-electron chi connectivity index (χ2n) is 9.02. The molecule has 0 fully saturated rings. The largest absolute Gasteiger partial charge is 0.513 e. The number of carboxylic acids is 1. The lowest BCUT2D eigenvalue weighted by atomic mass is 9.86. The molecule has 0 saturated heterocycles. The summed E-state index contributed by atoms with van der Waals surface area (Å²) in [5.41, 5.74) is 6.03. The monoisotopic (exact) mass is 497 g/mol. The summed E-state index contributed by atoms with van der Waals surface area (Å²) in [7, 11) is 0. The average Bonchev–Trinajstić information content (AvgIpc) is 2.71. The number of benzene rings is 1. The maximum atomic E-state index is 12.2. The Labute approximate surface area is 204 Å². The third kappa shape index (κ3) is 10.6. The summed E-state index contributed by atoms with van der Waals surface area (Å²) in [5.74, 6) is -2.88. The van der Waals surface area contributed by atoms with Crippen molar-refractivity contribution in [3.05, 3.63) is 23.8 Å². The zero-order valence-electron chi connectivity index (χ0n) is 21.0. The quantitative estimate of drug-likeness (QED) is 0.258. The van der Waals surface area contributed by atoms with Crippen LogP contribution >= 0.6 is 0 Å². The highest BCUT2D eigenvalue weighted by molar-refractivity contribution is 5.75. The highest BCUT2D eigenvalue weighted by atomic mass is 16.7. The van der Waals surface area contributed by atoms with E-state index in [4.69, 9.17) is 29.4 Å². The van der Waals surface area contributed by atoms with Crippen LogP contribution in [0.5, 0.6) is 11.5 Å². The molecule has 0 bridgehead atoms. The number of hydrogen-bond donors (Lipinski definition) is 2. The maximum absolute atomic E-state index is 12.2. The zero-order valence-corrected chi connectivity index (χ0v) is 21.0. The summed E-state index contributed by atoms with van der Waals surface area (Å²) in [4.78, 5) is 47.6. The van der Waals surface area contributed by atoms with Gasteiger partial charge in [0.2, 0.25) is 0 Å². The molecule has 0 radical (unpaired) electrons. The summed E-state index contributed by atoms with van der Waals surface area (Å²) in [5, 5.41) is 9.55. The standard InChI is InChI=1S/C24H35NO10/c1-7-31-22(29)34-17-10-9-15(12-18(17)35-23(30)32-8-2)16(20(25)21(27)28)11-14(3)33-19(26)13-24(4,5)6/h9-10,12,14,16,20H,7-8,11,13,25H2,1-6H3,(H,27,28)/t14?,16?,20-/m0/s1. The second kappa shape index (κ2) is 13.5. The number of ether oxygens (including phenoxy) is 5. The molecule has 1 aromatic carbocycles. The van der Waals surface area contributed by atoms with Gasteiger partial charge in [0.05, 0.1) is 25.7 Å². The number of carbonyl (C=O) groups excluding carboxylic acids is 3. The third-order valence-electron chi connectivity index (χ3n) is 4.62. The SMILES string of the molecule is CCOC(=O)Oc1ccc(C(CC(C)OC(=O)CC(C)(C)C)[C@H](N)C(=O)O)cc1OC(=O)OCC. The molecule has 3 N–H and O–H groups in total. The number of carboxylic acid groups (broad SMARTS) is 1. The fourth-order valence-corrected chi connectivity index (χ4v) is 3.16. The molecule has 1 aromatic rings. The van der Waals surface area contributed by atoms with Crippen LogP contribution in [-0.2, 0) is 23.8 Å². The van der Waals surface area contributed by atoms with Gasteiger partial charge in [-0.15, -0.1) is 0 Å². The number of aliphatic carboxylic acids is 1. The fraction of sp³-hybridized carbons (Fsp3) is 0.583. The van der Waals surface area contributed by atoms with Crippen LogP contribution in [0.25, 0.3) is 0 Å². The first-order chi connectivity index (χ1) is 16.3. The molecule has 3 atom stereocenters. The van der Waals surface area contributed by atoms with Crippen molar-refractivity contribution >= 4 is 24.2 Å². The van der Waals surface area contributed by atoms with Gasteiger partial charge in [-0.2, -0.15) is 0 Å². The van der Waals surface area contributed by atoms with E-state index in [1.807, 2.05) is 20.8 Å². The minimum absolute atomic E-state index is 0.0382. The molecule has 0 amide bonds. The molecule has 0 aromatic heterocycles. The molecule has 0 aliphatic heterocycles. The Balaban J connectivity index is 3.27. The Morgan fingerprint density at radius 1 is 0.971 bits per heavy atom. The number of esters is 1. The van der Waals surface area contributed by atoms with Gasteiger partial charge in [-0.25, -0.2) is 9.59 Å². The van der Waals surface area contributed by atoms with E-state index in [-0.39, 0.29) is 43.0 Å². The van der Waals surface area contributed by atoms with Crippen LogP contribution in [0.4, 0.5) is 9.59 Å². The second-order valence-corrected chi connectivity index (χ2v) is 9.02. The third-order valence-corrected chi connectivity index (χ3v) is 4.62. The minimum atomic E-state index is -1.37. The lowest BCUT2D eigenvalue weighted by Crippen LogP contribution is -2.38.